The predicted molar refractivity (Wildman–Crippen MR) is 146 cm³/mol. The molecule has 7 heteroatoms. The van der Waals surface area contributed by atoms with Crippen LogP contribution in [0.3, 0.4) is 0 Å². The summed E-state index contributed by atoms with van der Waals surface area (Å²) in [6.07, 6.45) is 5.21. The number of allylic oxidation sites excluding steroid dienone is 2. The number of rotatable bonds is 7. The molecule has 3 aromatic rings. The van der Waals surface area contributed by atoms with E-state index in [0.717, 1.165) is 41.6 Å². The zero-order chi connectivity index (χ0) is 26.3. The molecule has 0 fully saturated rings. The lowest BCUT2D eigenvalue weighted by Crippen LogP contribution is -2.33. The number of anilines is 1. The van der Waals surface area contributed by atoms with Crippen molar-refractivity contribution in [2.24, 2.45) is 11.7 Å². The first-order valence-electron chi connectivity index (χ1n) is 12.1. The van der Waals surface area contributed by atoms with Gasteiger partial charge in [-0.3, -0.25) is 9.78 Å². The summed E-state index contributed by atoms with van der Waals surface area (Å²) in [7, 11) is 1.50. The van der Waals surface area contributed by atoms with E-state index < -0.39 is 11.2 Å². The van der Waals surface area contributed by atoms with Crippen LogP contribution in [-0.2, 0) is 6.42 Å². The second-order valence-corrected chi connectivity index (χ2v) is 9.02. The summed E-state index contributed by atoms with van der Waals surface area (Å²) in [5.41, 5.74) is 18.5. The summed E-state index contributed by atoms with van der Waals surface area (Å²) in [4.78, 5) is 26.3. The monoisotopic (exact) mass is 477 g/mol. The minimum absolute atomic E-state index is 0.250. The molecule has 188 valence electrons. The number of nitrogens with one attached hydrogen (secondary N) is 1. The summed E-state index contributed by atoms with van der Waals surface area (Å²) >= 11 is 0. The highest BCUT2D eigenvalue weighted by atomic mass is 16.2. The Morgan fingerprint density at radius 2 is 1.71 bits per heavy atom. The Bertz CT molecular complexity index is 1290. The standard InChI is InChI=1S/C27H34N4O2.CH5N/c1-7-8-9-22(16(2)3)24-15-20(10-11-25(24)28)14-23-17(4)12-21(13-18(23)5)31-27(33)29-26(32)19(6)30-31;1-2/h9-13,15-16H,7-8,14,28H2,1-6H3,(H,29,32,33);2H2,1H3/b22-9-;. The zero-order valence-corrected chi connectivity index (χ0v) is 22.0. The van der Waals surface area contributed by atoms with Gasteiger partial charge in [-0.2, -0.15) is 9.78 Å². The number of H-pyrrole nitrogens is 1. The molecule has 35 heavy (non-hydrogen) atoms. The number of aromatic nitrogens is 3. The van der Waals surface area contributed by atoms with Crippen molar-refractivity contribution in [2.75, 3.05) is 12.8 Å². The molecule has 0 aliphatic carbocycles. The minimum Gasteiger partial charge on any atom is -0.398 e. The molecule has 3 rings (SSSR count). The number of hydrogen-bond donors (Lipinski definition) is 3. The number of unbranched alkanes of at least 4 members (excludes halogenated alkanes) is 1. The predicted octanol–water partition coefficient (Wildman–Crippen LogP) is 4.43. The first-order chi connectivity index (χ1) is 16.6. The third-order valence-electron chi connectivity index (χ3n) is 6.00. The van der Waals surface area contributed by atoms with Gasteiger partial charge in [0.25, 0.3) is 5.56 Å². The highest BCUT2D eigenvalue weighted by Crippen LogP contribution is 2.31. The van der Waals surface area contributed by atoms with Crippen molar-refractivity contribution < 1.29 is 0 Å². The maximum absolute atomic E-state index is 12.3. The molecule has 2 aromatic carbocycles. The summed E-state index contributed by atoms with van der Waals surface area (Å²) in [5, 5.41) is 4.16. The molecule has 0 aliphatic heterocycles. The molecular formula is C28H39N5O2. The highest BCUT2D eigenvalue weighted by Gasteiger charge is 2.14. The van der Waals surface area contributed by atoms with Crippen LogP contribution in [0.5, 0.6) is 0 Å². The van der Waals surface area contributed by atoms with Crippen molar-refractivity contribution in [3.05, 3.63) is 90.8 Å². The van der Waals surface area contributed by atoms with Crippen LogP contribution in [0.4, 0.5) is 5.69 Å². The van der Waals surface area contributed by atoms with Gasteiger partial charge in [0, 0.05) is 11.3 Å². The van der Waals surface area contributed by atoms with Crippen molar-refractivity contribution in [1.82, 2.24) is 14.8 Å². The average molecular weight is 478 g/mol. The summed E-state index contributed by atoms with van der Waals surface area (Å²) in [6.45, 7) is 12.2. The number of nitrogens with two attached hydrogens (primary N) is 2. The van der Waals surface area contributed by atoms with Crippen LogP contribution in [0.15, 0.2) is 46.0 Å². The third-order valence-corrected chi connectivity index (χ3v) is 6.00. The number of nitrogens with zero attached hydrogens (tertiary/aromatic N) is 2. The third kappa shape index (κ3) is 6.57. The van der Waals surface area contributed by atoms with Gasteiger partial charge in [0.1, 0.15) is 5.69 Å². The minimum atomic E-state index is -0.541. The lowest BCUT2D eigenvalue weighted by atomic mass is 9.89. The maximum atomic E-state index is 12.3. The largest absolute Gasteiger partial charge is 0.398 e. The number of aryl methyl sites for hydroxylation is 3. The molecule has 0 bridgehead atoms. The fraction of sp³-hybridized carbons (Fsp3) is 0.393. The van der Waals surface area contributed by atoms with E-state index >= 15 is 0 Å². The van der Waals surface area contributed by atoms with E-state index in [9.17, 15) is 9.59 Å². The van der Waals surface area contributed by atoms with Gasteiger partial charge >= 0.3 is 5.69 Å². The Morgan fingerprint density at radius 3 is 2.29 bits per heavy atom. The molecular weight excluding hydrogens is 438 g/mol. The Kier molecular flexibility index (Phi) is 9.78. The second-order valence-electron chi connectivity index (χ2n) is 9.02. The van der Waals surface area contributed by atoms with Crippen LogP contribution in [-0.4, -0.2) is 21.8 Å². The van der Waals surface area contributed by atoms with Crippen LogP contribution in [0.1, 0.15) is 67.1 Å². The molecule has 7 nitrogen and oxygen atoms in total. The first kappa shape index (κ1) is 27.8. The van der Waals surface area contributed by atoms with Gasteiger partial charge in [0.2, 0.25) is 0 Å². The van der Waals surface area contributed by atoms with Crippen molar-refractivity contribution in [3.8, 4) is 5.69 Å². The van der Waals surface area contributed by atoms with Crippen molar-refractivity contribution in [1.29, 1.82) is 0 Å². The van der Waals surface area contributed by atoms with Crippen LogP contribution >= 0.6 is 0 Å². The zero-order valence-electron chi connectivity index (χ0n) is 22.0. The van der Waals surface area contributed by atoms with Crippen LogP contribution in [0.25, 0.3) is 11.3 Å². The van der Waals surface area contributed by atoms with Gasteiger partial charge in [-0.25, -0.2) is 4.79 Å². The fourth-order valence-electron chi connectivity index (χ4n) is 4.15. The van der Waals surface area contributed by atoms with Gasteiger partial charge in [-0.15, -0.1) is 0 Å². The maximum Gasteiger partial charge on any atom is 0.349 e. The summed E-state index contributed by atoms with van der Waals surface area (Å²) in [6, 6.07) is 10.2. The van der Waals surface area contributed by atoms with Gasteiger partial charge in [-0.05, 0) is 98.7 Å². The number of nitrogen functional groups attached to an aromatic ring is 1. The van der Waals surface area contributed by atoms with Gasteiger partial charge in [-0.1, -0.05) is 39.3 Å². The van der Waals surface area contributed by atoms with Gasteiger partial charge in [0.05, 0.1) is 5.69 Å². The Labute approximate surface area is 207 Å². The lowest BCUT2D eigenvalue weighted by Gasteiger charge is -2.18. The van der Waals surface area contributed by atoms with Crippen molar-refractivity contribution in [3.63, 3.8) is 0 Å². The lowest BCUT2D eigenvalue weighted by molar-refractivity contribution is 0.726. The summed E-state index contributed by atoms with van der Waals surface area (Å²) < 4.78 is 1.25. The molecule has 1 heterocycles. The van der Waals surface area contributed by atoms with E-state index in [4.69, 9.17) is 5.73 Å². The van der Waals surface area contributed by atoms with Gasteiger partial charge in [0.15, 0.2) is 0 Å². The number of benzene rings is 2. The van der Waals surface area contributed by atoms with Crippen molar-refractivity contribution >= 4 is 11.3 Å². The molecule has 0 aliphatic rings. The normalized spacial score (nSPS) is 11.4. The molecule has 0 saturated heterocycles. The molecule has 0 atom stereocenters. The van der Waals surface area contributed by atoms with E-state index in [1.807, 2.05) is 32.0 Å². The van der Waals surface area contributed by atoms with E-state index in [1.165, 1.54) is 28.4 Å². The van der Waals surface area contributed by atoms with Crippen LogP contribution in [0, 0.1) is 26.7 Å². The van der Waals surface area contributed by atoms with Crippen LogP contribution in [0.2, 0.25) is 0 Å². The van der Waals surface area contributed by atoms with E-state index in [-0.39, 0.29) is 5.69 Å². The Hall–Kier alpha value is -3.45. The second kappa shape index (κ2) is 12.3. The molecule has 5 N–H and O–H groups in total. The Balaban J connectivity index is 0.00000210. The molecule has 0 saturated carbocycles. The molecule has 0 spiro atoms. The highest BCUT2D eigenvalue weighted by molar-refractivity contribution is 5.76. The Morgan fingerprint density at radius 1 is 1.09 bits per heavy atom. The molecule has 0 unspecified atom stereocenters. The molecule has 1 aromatic heterocycles. The number of aromatic amines is 1. The van der Waals surface area contributed by atoms with Crippen LogP contribution < -0.4 is 22.7 Å². The molecule has 0 radical (unpaired) electrons. The number of hydrogen-bond acceptors (Lipinski definition) is 5. The van der Waals surface area contributed by atoms with E-state index in [0.29, 0.717) is 11.6 Å². The summed E-state index contributed by atoms with van der Waals surface area (Å²) in [5.74, 6) is 0.392. The SMILES string of the molecule is CCC/C=C(\c1cc(Cc2c(C)cc(-n3nc(C)c(=O)[nH]c3=O)cc2C)ccc1N)C(C)C.CN. The molecule has 0 amide bonds. The topological polar surface area (TPSA) is 120 Å². The van der Waals surface area contributed by atoms with Crippen molar-refractivity contribution in [2.45, 2.75) is 60.8 Å². The fourth-order valence-corrected chi connectivity index (χ4v) is 4.15. The first-order valence-corrected chi connectivity index (χ1v) is 12.1. The quantitative estimate of drug-likeness (QED) is 0.435. The van der Waals surface area contributed by atoms with E-state index in [2.05, 4.69) is 54.8 Å². The smallest absolute Gasteiger partial charge is 0.349 e. The average Bonchev–Trinajstić information content (AvgIpc) is 2.81. The van der Waals surface area contributed by atoms with Gasteiger partial charge < -0.3 is 11.5 Å². The van der Waals surface area contributed by atoms with E-state index in [1.54, 1.807) is 6.92 Å².